The monoisotopic (exact) mass is 428 g/mol. The van der Waals surface area contributed by atoms with E-state index >= 15 is 0 Å². The zero-order valence-corrected chi connectivity index (χ0v) is 18.3. The number of amides is 1. The van der Waals surface area contributed by atoms with Crippen LogP contribution in [0, 0.1) is 13.8 Å². The maximum absolute atomic E-state index is 13.6. The molecule has 2 aromatic heterocycles. The first-order valence-electron chi connectivity index (χ1n) is 9.77. The minimum absolute atomic E-state index is 0.0335. The highest BCUT2D eigenvalue weighted by atomic mass is 32.1. The predicted octanol–water partition coefficient (Wildman–Crippen LogP) is 3.55. The second-order valence-electron chi connectivity index (χ2n) is 7.21. The minimum atomic E-state index is -0.293. The number of carbonyl (C=O) groups is 1. The number of aromatic nitrogens is 3. The average Bonchev–Trinajstić information content (AvgIpc) is 3.44. The summed E-state index contributed by atoms with van der Waals surface area (Å²) in [5.74, 6) is -0.0304. The van der Waals surface area contributed by atoms with Gasteiger partial charge in [-0.1, -0.05) is 23.5 Å². The molecule has 0 aliphatic carbocycles. The fraction of sp³-hybridized carbons (Fsp3) is 0.429. The summed E-state index contributed by atoms with van der Waals surface area (Å²) >= 11 is 1.50. The molecule has 0 radical (unpaired) electrons. The van der Waals surface area contributed by atoms with Gasteiger partial charge in [-0.25, -0.2) is 4.98 Å². The smallest absolute Gasteiger partial charge is 0.320 e. The summed E-state index contributed by atoms with van der Waals surface area (Å²) in [4.78, 5) is 28.3. The van der Waals surface area contributed by atoms with E-state index in [1.807, 2.05) is 13.0 Å². The number of nitrogens with zero attached hydrogens (tertiary/aromatic N) is 4. The maximum Gasteiger partial charge on any atom is 0.320 e. The van der Waals surface area contributed by atoms with E-state index in [-0.39, 0.29) is 29.6 Å². The molecule has 0 saturated carbocycles. The third kappa shape index (κ3) is 3.95. The number of benzene rings is 1. The van der Waals surface area contributed by atoms with Crippen molar-refractivity contribution in [2.24, 2.45) is 0 Å². The van der Waals surface area contributed by atoms with E-state index in [1.165, 1.54) is 31.6 Å². The second kappa shape index (κ2) is 8.53. The van der Waals surface area contributed by atoms with E-state index in [0.717, 1.165) is 34.2 Å². The number of anilines is 1. The molecule has 0 bridgehead atoms. The van der Waals surface area contributed by atoms with Crippen LogP contribution in [0.1, 0.15) is 34.5 Å². The summed E-state index contributed by atoms with van der Waals surface area (Å²) in [7, 11) is 2.94. The number of hydrogen-bond acceptors (Lipinski definition) is 8. The lowest BCUT2D eigenvalue weighted by Crippen LogP contribution is -2.38. The number of methoxy groups -OCH3 is 2. The van der Waals surface area contributed by atoms with Gasteiger partial charge >= 0.3 is 6.01 Å². The number of aryl methyl sites for hydroxylation is 2. The first-order valence-corrected chi connectivity index (χ1v) is 10.6. The van der Waals surface area contributed by atoms with Gasteiger partial charge in [0.2, 0.25) is 5.88 Å². The molecule has 1 atom stereocenters. The highest BCUT2D eigenvalue weighted by Crippen LogP contribution is 2.34. The van der Waals surface area contributed by atoms with Crippen molar-refractivity contribution in [2.75, 3.05) is 32.3 Å². The van der Waals surface area contributed by atoms with Crippen LogP contribution in [0.5, 0.6) is 11.9 Å². The molecule has 9 heteroatoms. The highest BCUT2D eigenvalue weighted by molar-refractivity contribution is 7.22. The summed E-state index contributed by atoms with van der Waals surface area (Å²) in [6, 6.07) is 5.71. The van der Waals surface area contributed by atoms with E-state index in [2.05, 4.69) is 23.0 Å². The topological polar surface area (TPSA) is 86.7 Å². The van der Waals surface area contributed by atoms with Gasteiger partial charge in [-0.15, -0.1) is 0 Å². The lowest BCUT2D eigenvalue weighted by atomic mass is 10.1. The number of ether oxygens (including phenoxy) is 3. The van der Waals surface area contributed by atoms with Gasteiger partial charge in [0.05, 0.1) is 37.1 Å². The largest absolute Gasteiger partial charge is 0.481 e. The zero-order valence-electron chi connectivity index (χ0n) is 17.5. The summed E-state index contributed by atoms with van der Waals surface area (Å²) in [6.45, 7) is 5.19. The van der Waals surface area contributed by atoms with Gasteiger partial charge in [0.25, 0.3) is 5.91 Å². The van der Waals surface area contributed by atoms with Gasteiger partial charge in [-0.2, -0.15) is 9.97 Å². The minimum Gasteiger partial charge on any atom is -0.481 e. The molecule has 3 aromatic rings. The quantitative estimate of drug-likeness (QED) is 0.593. The van der Waals surface area contributed by atoms with E-state index in [0.29, 0.717) is 18.3 Å². The van der Waals surface area contributed by atoms with Crippen molar-refractivity contribution >= 4 is 32.6 Å². The fourth-order valence-corrected chi connectivity index (χ4v) is 4.57. The van der Waals surface area contributed by atoms with Crippen LogP contribution in [0.3, 0.4) is 0 Å². The Morgan fingerprint density at radius 3 is 2.67 bits per heavy atom. The lowest BCUT2D eigenvalue weighted by Gasteiger charge is -2.22. The van der Waals surface area contributed by atoms with Crippen molar-refractivity contribution in [3.05, 3.63) is 35.0 Å². The molecule has 1 amide bonds. The van der Waals surface area contributed by atoms with Crippen molar-refractivity contribution in [1.29, 1.82) is 0 Å². The third-order valence-electron chi connectivity index (χ3n) is 5.11. The molecule has 0 N–H and O–H groups in total. The van der Waals surface area contributed by atoms with Gasteiger partial charge in [0, 0.05) is 12.7 Å². The van der Waals surface area contributed by atoms with Crippen LogP contribution in [0.4, 0.5) is 5.13 Å². The van der Waals surface area contributed by atoms with Crippen molar-refractivity contribution in [1.82, 2.24) is 15.0 Å². The predicted molar refractivity (Wildman–Crippen MR) is 115 cm³/mol. The Morgan fingerprint density at radius 1 is 1.20 bits per heavy atom. The van der Waals surface area contributed by atoms with Crippen LogP contribution < -0.4 is 14.4 Å². The first kappa shape index (κ1) is 20.5. The Labute approximate surface area is 178 Å². The molecule has 1 unspecified atom stereocenters. The molecule has 4 rings (SSSR count). The first-order chi connectivity index (χ1) is 14.5. The van der Waals surface area contributed by atoms with Crippen LogP contribution in [0.15, 0.2) is 18.2 Å². The molecule has 158 valence electrons. The molecule has 0 spiro atoms. The standard InChI is InChI=1S/C21H24N4O4S/c1-12-7-8-13(2)18-17(12)24-21(30-18)25(11-14-6-5-9-29-14)19(26)15-10-16(27-3)23-20(22-15)28-4/h7-8,10,14H,5-6,9,11H2,1-4H3. The lowest BCUT2D eigenvalue weighted by molar-refractivity contribution is 0.0912. The molecule has 1 aliphatic heterocycles. The van der Waals surface area contributed by atoms with E-state index in [4.69, 9.17) is 19.2 Å². The van der Waals surface area contributed by atoms with Crippen molar-refractivity contribution in [3.63, 3.8) is 0 Å². The number of fused-ring (bicyclic) bond motifs is 1. The summed E-state index contributed by atoms with van der Waals surface area (Å²) in [5, 5.41) is 0.624. The summed E-state index contributed by atoms with van der Waals surface area (Å²) < 4.78 is 17.2. The normalized spacial score (nSPS) is 16.1. The zero-order chi connectivity index (χ0) is 21.3. The third-order valence-corrected chi connectivity index (χ3v) is 6.32. The van der Waals surface area contributed by atoms with Crippen LogP contribution in [0.2, 0.25) is 0 Å². The van der Waals surface area contributed by atoms with Crippen LogP contribution in [-0.4, -0.2) is 54.3 Å². The SMILES string of the molecule is COc1cc(C(=O)N(CC2CCCO2)c2nc3c(C)ccc(C)c3s2)nc(OC)n1. The molecule has 1 fully saturated rings. The van der Waals surface area contributed by atoms with E-state index in [9.17, 15) is 4.79 Å². The molecule has 1 aliphatic rings. The summed E-state index contributed by atoms with van der Waals surface area (Å²) in [5.41, 5.74) is 3.31. The molecule has 30 heavy (non-hydrogen) atoms. The number of carbonyl (C=O) groups excluding carboxylic acids is 1. The molecule has 8 nitrogen and oxygen atoms in total. The number of rotatable bonds is 6. The molecular weight excluding hydrogens is 404 g/mol. The van der Waals surface area contributed by atoms with Crippen LogP contribution in [-0.2, 0) is 4.74 Å². The highest BCUT2D eigenvalue weighted by Gasteiger charge is 2.29. The Morgan fingerprint density at radius 2 is 2.00 bits per heavy atom. The van der Waals surface area contributed by atoms with Crippen molar-refractivity contribution in [3.8, 4) is 11.9 Å². The second-order valence-corrected chi connectivity index (χ2v) is 8.18. The Hall–Kier alpha value is -2.78. The van der Waals surface area contributed by atoms with Gasteiger partial charge in [0.1, 0.15) is 5.69 Å². The number of hydrogen-bond donors (Lipinski definition) is 0. The Kier molecular flexibility index (Phi) is 5.83. The van der Waals surface area contributed by atoms with Crippen LogP contribution in [0.25, 0.3) is 10.2 Å². The van der Waals surface area contributed by atoms with Gasteiger partial charge < -0.3 is 14.2 Å². The molecule has 1 saturated heterocycles. The number of thiazole rings is 1. The van der Waals surface area contributed by atoms with Gasteiger partial charge in [-0.3, -0.25) is 9.69 Å². The Bertz CT molecular complexity index is 1020. The van der Waals surface area contributed by atoms with E-state index in [1.54, 1.807) is 4.90 Å². The van der Waals surface area contributed by atoms with Gasteiger partial charge in [-0.05, 0) is 37.8 Å². The average molecular weight is 429 g/mol. The molecular formula is C21H24N4O4S. The van der Waals surface area contributed by atoms with Crippen LogP contribution >= 0.6 is 11.3 Å². The van der Waals surface area contributed by atoms with Crippen molar-refractivity contribution < 1.29 is 19.0 Å². The van der Waals surface area contributed by atoms with Gasteiger partial charge in [0.15, 0.2) is 5.13 Å². The van der Waals surface area contributed by atoms with Crippen molar-refractivity contribution in [2.45, 2.75) is 32.8 Å². The summed E-state index contributed by atoms with van der Waals surface area (Å²) in [6.07, 6.45) is 1.86. The fourth-order valence-electron chi connectivity index (χ4n) is 3.45. The molecule has 1 aromatic carbocycles. The maximum atomic E-state index is 13.6. The Balaban J connectivity index is 1.78. The molecule has 3 heterocycles. The van der Waals surface area contributed by atoms with E-state index < -0.39 is 0 Å².